The number of aryl methyl sites for hydroxylation is 1. The molecule has 2 aromatic heterocycles. The van der Waals surface area contributed by atoms with Gasteiger partial charge in [-0.05, 0) is 67.1 Å². The SMILES string of the molecule is Cc1nc2ccc(C(=O)Nc3ccc(CC(=O)Nc4nccs4)cc3)cc2n1-c1ccc(F)cc1. The Kier molecular flexibility index (Phi) is 6.07. The highest BCUT2D eigenvalue weighted by atomic mass is 32.1. The summed E-state index contributed by atoms with van der Waals surface area (Å²) in [5.74, 6) is -0.00974. The molecule has 0 radical (unpaired) electrons. The lowest BCUT2D eigenvalue weighted by Gasteiger charge is -2.09. The van der Waals surface area contributed by atoms with E-state index in [2.05, 4.69) is 20.6 Å². The van der Waals surface area contributed by atoms with Crippen molar-refractivity contribution in [3.8, 4) is 5.69 Å². The number of fused-ring (bicyclic) bond motifs is 1. The fourth-order valence-corrected chi connectivity index (χ4v) is 4.34. The monoisotopic (exact) mass is 485 g/mol. The van der Waals surface area contributed by atoms with E-state index in [4.69, 9.17) is 0 Å². The second-order valence-electron chi connectivity index (χ2n) is 7.89. The molecule has 0 aliphatic carbocycles. The minimum atomic E-state index is -0.318. The molecular formula is C26H20FN5O2S. The van der Waals surface area contributed by atoms with Crippen LogP contribution < -0.4 is 10.6 Å². The van der Waals surface area contributed by atoms with Gasteiger partial charge < -0.3 is 10.6 Å². The molecule has 35 heavy (non-hydrogen) atoms. The fourth-order valence-electron chi connectivity index (χ4n) is 3.80. The molecule has 3 aromatic carbocycles. The van der Waals surface area contributed by atoms with E-state index in [-0.39, 0.29) is 24.1 Å². The Hall–Kier alpha value is -4.37. The maximum absolute atomic E-state index is 13.4. The fraction of sp³-hybridized carbons (Fsp3) is 0.0769. The molecule has 0 unspecified atom stereocenters. The summed E-state index contributed by atoms with van der Waals surface area (Å²) >= 11 is 1.36. The molecule has 7 nitrogen and oxygen atoms in total. The van der Waals surface area contributed by atoms with Crippen LogP contribution in [0.15, 0.2) is 78.3 Å². The van der Waals surface area contributed by atoms with Crippen molar-refractivity contribution in [1.29, 1.82) is 0 Å². The molecule has 0 bridgehead atoms. The van der Waals surface area contributed by atoms with Crippen LogP contribution in [-0.2, 0) is 11.2 Å². The molecule has 2 heterocycles. The number of benzene rings is 3. The second kappa shape index (κ2) is 9.47. The third kappa shape index (κ3) is 4.95. The predicted octanol–water partition coefficient (Wildman–Crippen LogP) is 5.36. The van der Waals surface area contributed by atoms with Gasteiger partial charge in [0, 0.05) is 28.5 Å². The summed E-state index contributed by atoms with van der Waals surface area (Å²) in [6, 6.07) is 18.5. The Morgan fingerprint density at radius 2 is 1.77 bits per heavy atom. The molecule has 5 aromatic rings. The Morgan fingerprint density at radius 1 is 1.00 bits per heavy atom. The third-order valence-electron chi connectivity index (χ3n) is 5.42. The quantitative estimate of drug-likeness (QED) is 0.339. The van der Waals surface area contributed by atoms with Gasteiger partial charge in [0.05, 0.1) is 17.5 Å². The van der Waals surface area contributed by atoms with Gasteiger partial charge in [-0.2, -0.15) is 0 Å². The van der Waals surface area contributed by atoms with Crippen LogP contribution in [0.5, 0.6) is 0 Å². The topological polar surface area (TPSA) is 88.9 Å². The van der Waals surface area contributed by atoms with Gasteiger partial charge in [-0.3, -0.25) is 14.2 Å². The van der Waals surface area contributed by atoms with Crippen molar-refractivity contribution in [2.75, 3.05) is 10.6 Å². The highest BCUT2D eigenvalue weighted by Gasteiger charge is 2.14. The maximum Gasteiger partial charge on any atom is 0.255 e. The zero-order valence-electron chi connectivity index (χ0n) is 18.7. The minimum absolute atomic E-state index is 0.155. The normalized spacial score (nSPS) is 10.9. The summed E-state index contributed by atoms with van der Waals surface area (Å²) in [5, 5.41) is 7.99. The number of thiazole rings is 1. The van der Waals surface area contributed by atoms with Gasteiger partial charge in [0.2, 0.25) is 5.91 Å². The molecular weight excluding hydrogens is 465 g/mol. The number of hydrogen-bond acceptors (Lipinski definition) is 5. The van der Waals surface area contributed by atoms with Crippen LogP contribution in [0, 0.1) is 12.7 Å². The zero-order chi connectivity index (χ0) is 24.4. The number of halogens is 1. The first kappa shape index (κ1) is 22.4. The summed E-state index contributed by atoms with van der Waals surface area (Å²) in [6.45, 7) is 1.86. The number of aromatic nitrogens is 3. The molecule has 5 rings (SSSR count). The van der Waals surface area contributed by atoms with Crippen molar-refractivity contribution < 1.29 is 14.0 Å². The minimum Gasteiger partial charge on any atom is -0.322 e. The predicted molar refractivity (Wildman–Crippen MR) is 135 cm³/mol. The van der Waals surface area contributed by atoms with Crippen LogP contribution in [0.4, 0.5) is 15.2 Å². The largest absolute Gasteiger partial charge is 0.322 e. The molecule has 0 fully saturated rings. The number of imidazole rings is 1. The van der Waals surface area contributed by atoms with Gasteiger partial charge in [-0.15, -0.1) is 11.3 Å². The van der Waals surface area contributed by atoms with E-state index in [0.717, 1.165) is 28.1 Å². The molecule has 0 aliphatic heterocycles. The van der Waals surface area contributed by atoms with Gasteiger partial charge >= 0.3 is 0 Å². The average molecular weight is 486 g/mol. The molecule has 0 saturated heterocycles. The van der Waals surface area contributed by atoms with Gasteiger partial charge in [-0.1, -0.05) is 12.1 Å². The number of carbonyl (C=O) groups is 2. The third-order valence-corrected chi connectivity index (χ3v) is 6.11. The zero-order valence-corrected chi connectivity index (χ0v) is 19.5. The van der Waals surface area contributed by atoms with E-state index in [9.17, 15) is 14.0 Å². The summed E-state index contributed by atoms with van der Waals surface area (Å²) in [4.78, 5) is 33.7. The molecule has 0 spiro atoms. The number of anilines is 2. The van der Waals surface area contributed by atoms with Crippen molar-refractivity contribution in [3.63, 3.8) is 0 Å². The first-order chi connectivity index (χ1) is 17.0. The van der Waals surface area contributed by atoms with Gasteiger partial charge in [0.1, 0.15) is 11.6 Å². The van der Waals surface area contributed by atoms with Gasteiger partial charge in [0.25, 0.3) is 5.91 Å². The number of amides is 2. The molecule has 9 heteroatoms. The number of nitrogens with one attached hydrogen (secondary N) is 2. The highest BCUT2D eigenvalue weighted by Crippen LogP contribution is 2.23. The van der Waals surface area contributed by atoms with Crippen LogP contribution in [0.3, 0.4) is 0 Å². The number of rotatable bonds is 6. The first-order valence-corrected chi connectivity index (χ1v) is 11.7. The van der Waals surface area contributed by atoms with Crippen LogP contribution >= 0.6 is 11.3 Å². The van der Waals surface area contributed by atoms with E-state index in [1.165, 1.54) is 23.5 Å². The molecule has 2 N–H and O–H groups in total. The van der Waals surface area contributed by atoms with Crippen molar-refractivity contribution in [1.82, 2.24) is 14.5 Å². The summed E-state index contributed by atoms with van der Waals surface area (Å²) in [7, 11) is 0. The van der Waals surface area contributed by atoms with Gasteiger partial charge in [0.15, 0.2) is 5.13 Å². The Balaban J connectivity index is 1.31. The summed E-state index contributed by atoms with van der Waals surface area (Å²) in [5.41, 5.74) is 4.15. The van der Waals surface area contributed by atoms with Gasteiger partial charge in [-0.25, -0.2) is 14.4 Å². The molecule has 0 saturated carbocycles. The maximum atomic E-state index is 13.4. The highest BCUT2D eigenvalue weighted by molar-refractivity contribution is 7.13. The van der Waals surface area contributed by atoms with Crippen molar-refractivity contribution in [2.45, 2.75) is 13.3 Å². The molecule has 0 atom stereocenters. The molecule has 2 amide bonds. The number of hydrogen-bond donors (Lipinski definition) is 2. The summed E-state index contributed by atoms with van der Waals surface area (Å²) < 4.78 is 15.3. The molecule has 174 valence electrons. The lowest BCUT2D eigenvalue weighted by Crippen LogP contribution is -2.14. The molecule has 0 aliphatic rings. The van der Waals surface area contributed by atoms with Crippen molar-refractivity contribution >= 4 is 45.0 Å². The van der Waals surface area contributed by atoms with Crippen molar-refractivity contribution in [2.24, 2.45) is 0 Å². The van der Waals surface area contributed by atoms with Crippen molar-refractivity contribution in [3.05, 3.63) is 101 Å². The van der Waals surface area contributed by atoms with E-state index in [1.807, 2.05) is 11.5 Å². The van der Waals surface area contributed by atoms with E-state index < -0.39 is 0 Å². The Bertz CT molecular complexity index is 1510. The van der Waals surface area contributed by atoms with Crippen LogP contribution in [0.25, 0.3) is 16.7 Å². The Labute approximate surface area is 204 Å². The smallest absolute Gasteiger partial charge is 0.255 e. The lowest BCUT2D eigenvalue weighted by atomic mass is 10.1. The van der Waals surface area contributed by atoms with E-state index in [1.54, 1.807) is 66.2 Å². The van der Waals surface area contributed by atoms with Crippen LogP contribution in [-0.4, -0.2) is 26.3 Å². The number of nitrogens with zero attached hydrogens (tertiary/aromatic N) is 3. The van der Waals surface area contributed by atoms with E-state index in [0.29, 0.717) is 16.4 Å². The first-order valence-electron chi connectivity index (χ1n) is 10.8. The standard InChI is InChI=1S/C26H20FN5O2S/c1-16-29-22-11-4-18(15-23(22)32(16)21-9-5-19(27)6-10-21)25(34)30-20-7-2-17(3-8-20)14-24(33)31-26-28-12-13-35-26/h2-13,15H,14H2,1H3,(H,30,34)(H,28,31,33). The average Bonchev–Trinajstić information content (AvgIpc) is 3.47. The summed E-state index contributed by atoms with van der Waals surface area (Å²) in [6.07, 6.45) is 1.84. The Morgan fingerprint density at radius 3 is 2.49 bits per heavy atom. The van der Waals surface area contributed by atoms with Crippen LogP contribution in [0.2, 0.25) is 0 Å². The van der Waals surface area contributed by atoms with Crippen LogP contribution in [0.1, 0.15) is 21.7 Å². The lowest BCUT2D eigenvalue weighted by molar-refractivity contribution is -0.115. The van der Waals surface area contributed by atoms with E-state index >= 15 is 0 Å². The second-order valence-corrected chi connectivity index (χ2v) is 8.78. The number of carbonyl (C=O) groups excluding carboxylic acids is 2.